The van der Waals surface area contributed by atoms with Crippen molar-refractivity contribution in [3.8, 4) is 0 Å². The van der Waals surface area contributed by atoms with Crippen LogP contribution < -0.4 is 0 Å². The minimum atomic E-state index is -1.24. The number of carbonyl (C=O) groups is 5. The molecule has 5 atom stereocenters. The number of aldehydes is 1. The van der Waals surface area contributed by atoms with E-state index in [1.54, 1.807) is 0 Å². The molecule has 0 amide bonds. The monoisotopic (exact) mass is 374 g/mol. The molecule has 0 aromatic rings. The molecule has 1 rings (SSSR count). The first-order chi connectivity index (χ1) is 12.1. The second-order valence-electron chi connectivity index (χ2n) is 5.64. The summed E-state index contributed by atoms with van der Waals surface area (Å²) in [5, 5.41) is 0. The average molecular weight is 374 g/mol. The van der Waals surface area contributed by atoms with Gasteiger partial charge in [0.25, 0.3) is 0 Å². The Morgan fingerprint density at radius 3 is 1.65 bits per heavy atom. The molecule has 0 unspecified atom stereocenters. The van der Waals surface area contributed by atoms with Crippen LogP contribution in [0.3, 0.4) is 0 Å². The lowest BCUT2D eigenvalue weighted by Crippen LogP contribution is -2.62. The summed E-state index contributed by atoms with van der Waals surface area (Å²) < 4.78 is 26.1. The van der Waals surface area contributed by atoms with Gasteiger partial charge in [0.05, 0.1) is 0 Å². The highest BCUT2D eigenvalue weighted by Gasteiger charge is 2.51. The second-order valence-corrected chi connectivity index (χ2v) is 5.64. The molecule has 10 nitrogen and oxygen atoms in total. The molecule has 1 aliphatic heterocycles. The van der Waals surface area contributed by atoms with E-state index in [0.29, 0.717) is 6.29 Å². The van der Waals surface area contributed by atoms with E-state index in [1.807, 2.05) is 0 Å². The molecular formula is C16H22O10. The predicted molar refractivity (Wildman–Crippen MR) is 82.6 cm³/mol. The van der Waals surface area contributed by atoms with Crippen LogP contribution in [-0.2, 0) is 47.7 Å². The quantitative estimate of drug-likeness (QED) is 0.332. The van der Waals surface area contributed by atoms with E-state index in [2.05, 4.69) is 0 Å². The molecule has 0 aromatic carbocycles. The first-order valence-corrected chi connectivity index (χ1v) is 7.89. The van der Waals surface area contributed by atoms with Crippen LogP contribution in [-0.4, -0.2) is 67.3 Å². The molecule has 0 aliphatic carbocycles. The number of hydrogen-bond donors (Lipinski definition) is 0. The first-order valence-electron chi connectivity index (χ1n) is 7.89. The standard InChI is InChI=1S/C16H22O10/c1-8(18)22-7-13-15(24-10(3)20)16(25-11(4)21)14(23-9(2)19)12(26-13)5-6-17/h6,12-16H,5,7H2,1-4H3/t12-,13-,14-,15-,16-/m1/s1. The third-order valence-corrected chi connectivity index (χ3v) is 3.42. The van der Waals surface area contributed by atoms with E-state index >= 15 is 0 Å². The van der Waals surface area contributed by atoms with Crippen LogP contribution >= 0.6 is 0 Å². The Kier molecular flexibility index (Phi) is 8.17. The van der Waals surface area contributed by atoms with Gasteiger partial charge in [-0.05, 0) is 0 Å². The summed E-state index contributed by atoms with van der Waals surface area (Å²) in [7, 11) is 0. The smallest absolute Gasteiger partial charge is 0.303 e. The zero-order valence-electron chi connectivity index (χ0n) is 15.0. The first kappa shape index (κ1) is 21.6. The molecule has 0 spiro atoms. The largest absolute Gasteiger partial charge is 0.463 e. The third-order valence-electron chi connectivity index (χ3n) is 3.42. The van der Waals surface area contributed by atoms with E-state index < -0.39 is 54.4 Å². The Bertz CT molecular complexity index is 557. The van der Waals surface area contributed by atoms with Crippen molar-refractivity contribution in [2.75, 3.05) is 6.61 Å². The van der Waals surface area contributed by atoms with Crippen molar-refractivity contribution in [3.05, 3.63) is 0 Å². The van der Waals surface area contributed by atoms with Crippen molar-refractivity contribution in [3.63, 3.8) is 0 Å². The maximum atomic E-state index is 11.5. The number of esters is 4. The van der Waals surface area contributed by atoms with Gasteiger partial charge >= 0.3 is 23.9 Å². The molecule has 0 bridgehead atoms. The maximum Gasteiger partial charge on any atom is 0.303 e. The summed E-state index contributed by atoms with van der Waals surface area (Å²) >= 11 is 0. The highest BCUT2D eigenvalue weighted by molar-refractivity contribution is 5.69. The van der Waals surface area contributed by atoms with Gasteiger partial charge in [0.1, 0.15) is 25.1 Å². The van der Waals surface area contributed by atoms with Gasteiger partial charge < -0.3 is 28.5 Å². The van der Waals surface area contributed by atoms with E-state index in [0.717, 1.165) is 20.8 Å². The predicted octanol–water partition coefficient (Wildman–Crippen LogP) is -0.299. The summed E-state index contributed by atoms with van der Waals surface area (Å²) in [5.41, 5.74) is 0. The Hall–Kier alpha value is -2.49. The number of ether oxygens (including phenoxy) is 5. The van der Waals surface area contributed by atoms with Crippen LogP contribution in [0, 0.1) is 0 Å². The van der Waals surface area contributed by atoms with Crippen LogP contribution in [0.15, 0.2) is 0 Å². The van der Waals surface area contributed by atoms with E-state index in [9.17, 15) is 24.0 Å². The zero-order chi connectivity index (χ0) is 19.9. The van der Waals surface area contributed by atoms with Crippen molar-refractivity contribution in [2.24, 2.45) is 0 Å². The lowest BCUT2D eigenvalue weighted by Gasteiger charge is -2.44. The van der Waals surface area contributed by atoms with Crippen LogP contribution in [0.2, 0.25) is 0 Å². The minimum absolute atomic E-state index is 0.181. The fourth-order valence-corrected chi connectivity index (χ4v) is 2.60. The fourth-order valence-electron chi connectivity index (χ4n) is 2.60. The molecular weight excluding hydrogens is 352 g/mol. The highest BCUT2D eigenvalue weighted by Crippen LogP contribution is 2.30. The molecule has 26 heavy (non-hydrogen) atoms. The summed E-state index contributed by atoms with van der Waals surface area (Å²) in [4.78, 5) is 56.5. The molecule has 0 saturated carbocycles. The molecule has 0 N–H and O–H groups in total. The molecule has 1 heterocycles. The minimum Gasteiger partial charge on any atom is -0.463 e. The number of rotatable bonds is 7. The van der Waals surface area contributed by atoms with Crippen molar-refractivity contribution in [1.29, 1.82) is 0 Å². The lowest BCUT2D eigenvalue weighted by molar-refractivity contribution is -0.252. The Balaban J connectivity index is 3.24. The van der Waals surface area contributed by atoms with E-state index in [4.69, 9.17) is 23.7 Å². The summed E-state index contributed by atoms with van der Waals surface area (Å²) in [5.74, 6) is -2.73. The molecule has 10 heteroatoms. The van der Waals surface area contributed by atoms with Crippen LogP contribution in [0.5, 0.6) is 0 Å². The van der Waals surface area contributed by atoms with Gasteiger partial charge in [0, 0.05) is 34.1 Å². The number of hydrogen-bond acceptors (Lipinski definition) is 10. The average Bonchev–Trinajstić information content (AvgIpc) is 2.50. The van der Waals surface area contributed by atoms with Crippen molar-refractivity contribution < 1.29 is 47.7 Å². The van der Waals surface area contributed by atoms with Gasteiger partial charge in [0.15, 0.2) is 18.3 Å². The molecule has 146 valence electrons. The fraction of sp³-hybridized carbons (Fsp3) is 0.688. The van der Waals surface area contributed by atoms with Crippen LogP contribution in [0.1, 0.15) is 34.1 Å². The van der Waals surface area contributed by atoms with Gasteiger partial charge in [-0.1, -0.05) is 0 Å². The Morgan fingerprint density at radius 1 is 0.769 bits per heavy atom. The maximum absolute atomic E-state index is 11.5. The van der Waals surface area contributed by atoms with Gasteiger partial charge in [0.2, 0.25) is 0 Å². The van der Waals surface area contributed by atoms with E-state index in [1.165, 1.54) is 6.92 Å². The lowest BCUT2D eigenvalue weighted by atomic mass is 9.93. The van der Waals surface area contributed by atoms with Crippen molar-refractivity contribution in [2.45, 2.75) is 64.6 Å². The SMILES string of the molecule is CC(=O)OC[C@H]1O[C@H](CC=O)[C@@H](OC(C)=O)[C@@H](OC(C)=O)[C@@H]1OC(C)=O. The summed E-state index contributed by atoms with van der Waals surface area (Å²) in [6.07, 6.45) is -5.26. The summed E-state index contributed by atoms with van der Waals surface area (Å²) in [6.45, 7) is 4.26. The van der Waals surface area contributed by atoms with Crippen molar-refractivity contribution in [1.82, 2.24) is 0 Å². The molecule has 0 aromatic heterocycles. The van der Waals surface area contributed by atoms with Crippen molar-refractivity contribution >= 4 is 30.2 Å². The molecule has 1 aliphatic rings. The summed E-state index contributed by atoms with van der Waals surface area (Å²) in [6, 6.07) is 0. The molecule has 1 saturated heterocycles. The van der Waals surface area contributed by atoms with Crippen LogP contribution in [0.25, 0.3) is 0 Å². The third kappa shape index (κ3) is 6.43. The topological polar surface area (TPSA) is 132 Å². The second kappa shape index (κ2) is 9.85. The van der Waals surface area contributed by atoms with Crippen LogP contribution in [0.4, 0.5) is 0 Å². The highest BCUT2D eigenvalue weighted by atomic mass is 16.7. The van der Waals surface area contributed by atoms with Gasteiger partial charge in [-0.3, -0.25) is 19.2 Å². The number of carbonyl (C=O) groups excluding carboxylic acids is 5. The molecule has 0 radical (unpaired) electrons. The zero-order valence-corrected chi connectivity index (χ0v) is 15.0. The van der Waals surface area contributed by atoms with Gasteiger partial charge in [-0.15, -0.1) is 0 Å². The normalized spacial score (nSPS) is 27.8. The van der Waals surface area contributed by atoms with Gasteiger partial charge in [-0.2, -0.15) is 0 Å². The molecule has 1 fully saturated rings. The van der Waals surface area contributed by atoms with E-state index in [-0.39, 0.29) is 13.0 Å². The Labute approximate surface area is 150 Å². The Morgan fingerprint density at radius 2 is 1.23 bits per heavy atom. The van der Waals surface area contributed by atoms with Gasteiger partial charge in [-0.25, -0.2) is 0 Å².